The molecular weight excluding hydrogens is 210 g/mol. The minimum atomic E-state index is -0.429. The van der Waals surface area contributed by atoms with Crippen molar-refractivity contribution in [3.63, 3.8) is 0 Å². The van der Waals surface area contributed by atoms with Gasteiger partial charge in [-0.2, -0.15) is 0 Å². The molecule has 2 N–H and O–H groups in total. The molecule has 2 rings (SSSR count). The lowest BCUT2D eigenvalue weighted by molar-refractivity contribution is 0.400. The molecule has 0 saturated carbocycles. The van der Waals surface area contributed by atoms with Gasteiger partial charge in [-0.05, 0) is 6.07 Å². The molecule has 0 aliphatic heterocycles. The fourth-order valence-electron chi connectivity index (χ4n) is 1.57. The predicted octanol–water partition coefficient (Wildman–Crippen LogP) is 1.39. The van der Waals surface area contributed by atoms with Crippen molar-refractivity contribution < 1.29 is 13.9 Å². The number of nitrogens with two attached hydrogens (primary N) is 1. The Hall–Kier alpha value is -2.17. The van der Waals surface area contributed by atoms with E-state index in [0.717, 1.165) is 0 Å². The number of anilines is 1. The molecule has 0 bridgehead atoms. The smallest absolute Gasteiger partial charge is 0.336 e. The van der Waals surface area contributed by atoms with Crippen LogP contribution >= 0.6 is 0 Å². The fourth-order valence-corrected chi connectivity index (χ4v) is 1.57. The normalized spacial score (nSPS) is 10.4. The first-order valence-corrected chi connectivity index (χ1v) is 4.61. The van der Waals surface area contributed by atoms with E-state index in [2.05, 4.69) is 0 Å². The van der Waals surface area contributed by atoms with Gasteiger partial charge in [0.25, 0.3) is 0 Å². The van der Waals surface area contributed by atoms with Crippen molar-refractivity contribution in [2.45, 2.75) is 0 Å². The summed E-state index contributed by atoms with van der Waals surface area (Å²) >= 11 is 0. The number of hydrogen-bond acceptors (Lipinski definition) is 5. The number of fused-ring (bicyclic) bond motifs is 1. The fraction of sp³-hybridized carbons (Fsp3) is 0.182. The van der Waals surface area contributed by atoms with Gasteiger partial charge < -0.3 is 19.6 Å². The Morgan fingerprint density at radius 2 is 2.00 bits per heavy atom. The molecule has 1 aromatic carbocycles. The SMILES string of the molecule is COc1cc2oc(=O)ccc2c(OC)c1N. The standard InChI is InChI=1S/C11H11NO4/c1-14-8-5-7-6(3-4-9(13)16-7)11(15-2)10(8)12/h3-5H,12H2,1-2H3. The highest BCUT2D eigenvalue weighted by Crippen LogP contribution is 2.38. The van der Waals surface area contributed by atoms with Crippen molar-refractivity contribution >= 4 is 16.7 Å². The topological polar surface area (TPSA) is 74.7 Å². The number of benzene rings is 1. The van der Waals surface area contributed by atoms with Crippen LogP contribution in [0.3, 0.4) is 0 Å². The Balaban J connectivity index is 2.89. The molecule has 0 fully saturated rings. The highest BCUT2D eigenvalue weighted by atomic mass is 16.5. The summed E-state index contributed by atoms with van der Waals surface area (Å²) in [6.07, 6.45) is 0. The van der Waals surface area contributed by atoms with Gasteiger partial charge in [-0.15, -0.1) is 0 Å². The van der Waals surface area contributed by atoms with Gasteiger partial charge in [0.1, 0.15) is 17.0 Å². The lowest BCUT2D eigenvalue weighted by atomic mass is 10.2. The second-order valence-corrected chi connectivity index (χ2v) is 3.19. The molecular formula is C11H11NO4. The van der Waals surface area contributed by atoms with Crippen molar-refractivity contribution in [2.75, 3.05) is 20.0 Å². The predicted molar refractivity (Wildman–Crippen MR) is 60.0 cm³/mol. The Bertz CT molecular complexity index is 588. The summed E-state index contributed by atoms with van der Waals surface area (Å²) in [6.45, 7) is 0. The molecule has 5 heteroatoms. The molecule has 16 heavy (non-hydrogen) atoms. The third-order valence-electron chi connectivity index (χ3n) is 2.30. The monoisotopic (exact) mass is 221 g/mol. The summed E-state index contributed by atoms with van der Waals surface area (Å²) in [5.74, 6) is 0.858. The third-order valence-corrected chi connectivity index (χ3v) is 2.30. The van der Waals surface area contributed by atoms with Gasteiger partial charge >= 0.3 is 5.63 Å². The van der Waals surface area contributed by atoms with E-state index in [4.69, 9.17) is 19.6 Å². The van der Waals surface area contributed by atoms with Crippen molar-refractivity contribution in [3.8, 4) is 11.5 Å². The third kappa shape index (κ3) is 1.46. The molecule has 0 spiro atoms. The zero-order chi connectivity index (χ0) is 11.7. The Labute approximate surface area is 91.4 Å². The summed E-state index contributed by atoms with van der Waals surface area (Å²) in [4.78, 5) is 11.1. The number of rotatable bonds is 2. The van der Waals surface area contributed by atoms with Crippen LogP contribution in [0, 0.1) is 0 Å². The van der Waals surface area contributed by atoms with Crippen LogP contribution in [0.4, 0.5) is 5.69 Å². The van der Waals surface area contributed by atoms with E-state index in [1.165, 1.54) is 20.3 Å². The highest BCUT2D eigenvalue weighted by molar-refractivity contribution is 5.92. The maximum atomic E-state index is 11.1. The van der Waals surface area contributed by atoms with E-state index in [0.29, 0.717) is 28.2 Å². The van der Waals surface area contributed by atoms with Gasteiger partial charge in [0.2, 0.25) is 0 Å². The van der Waals surface area contributed by atoms with Crippen molar-refractivity contribution in [1.29, 1.82) is 0 Å². The molecule has 1 aromatic heterocycles. The van der Waals surface area contributed by atoms with Crippen molar-refractivity contribution in [2.24, 2.45) is 0 Å². The molecule has 0 aliphatic rings. The van der Waals surface area contributed by atoms with E-state index < -0.39 is 5.63 Å². The van der Waals surface area contributed by atoms with Crippen molar-refractivity contribution in [1.82, 2.24) is 0 Å². The van der Waals surface area contributed by atoms with Crippen LogP contribution in [0.2, 0.25) is 0 Å². The minimum Gasteiger partial charge on any atom is -0.494 e. The van der Waals surface area contributed by atoms with Gasteiger partial charge in [0.15, 0.2) is 5.75 Å². The van der Waals surface area contributed by atoms with Crippen LogP contribution in [-0.2, 0) is 0 Å². The Morgan fingerprint density at radius 1 is 1.25 bits per heavy atom. The average molecular weight is 221 g/mol. The Kier molecular flexibility index (Phi) is 2.44. The molecule has 2 aromatic rings. The van der Waals surface area contributed by atoms with Crippen LogP contribution in [0.15, 0.2) is 27.4 Å². The summed E-state index contributed by atoms with van der Waals surface area (Å²) in [7, 11) is 2.98. The first-order chi connectivity index (χ1) is 7.67. The van der Waals surface area contributed by atoms with E-state index >= 15 is 0 Å². The number of ether oxygens (including phenoxy) is 2. The first-order valence-electron chi connectivity index (χ1n) is 4.61. The second-order valence-electron chi connectivity index (χ2n) is 3.19. The molecule has 0 saturated heterocycles. The first kappa shape index (κ1) is 10.4. The summed E-state index contributed by atoms with van der Waals surface area (Å²) in [5.41, 5.74) is 6.17. The quantitative estimate of drug-likeness (QED) is 0.612. The highest BCUT2D eigenvalue weighted by Gasteiger charge is 2.13. The number of hydrogen-bond donors (Lipinski definition) is 1. The van der Waals surface area contributed by atoms with Crippen LogP contribution < -0.4 is 20.8 Å². The Morgan fingerprint density at radius 3 is 2.62 bits per heavy atom. The van der Waals surface area contributed by atoms with Crippen LogP contribution in [-0.4, -0.2) is 14.2 Å². The summed E-state index contributed by atoms with van der Waals surface area (Å²) in [6, 6.07) is 4.49. The second kappa shape index (κ2) is 3.77. The summed E-state index contributed by atoms with van der Waals surface area (Å²) in [5, 5.41) is 0.639. The maximum Gasteiger partial charge on any atom is 0.336 e. The van der Waals surface area contributed by atoms with Gasteiger partial charge in [-0.1, -0.05) is 0 Å². The van der Waals surface area contributed by atoms with E-state index in [1.54, 1.807) is 12.1 Å². The summed E-state index contributed by atoms with van der Waals surface area (Å²) < 4.78 is 15.3. The minimum absolute atomic E-state index is 0.381. The lowest BCUT2D eigenvalue weighted by Crippen LogP contribution is -2.00. The zero-order valence-corrected chi connectivity index (χ0v) is 8.94. The molecule has 0 atom stereocenters. The van der Waals surface area contributed by atoms with E-state index in [9.17, 15) is 4.79 Å². The van der Waals surface area contributed by atoms with Gasteiger partial charge in [0.05, 0.1) is 19.6 Å². The largest absolute Gasteiger partial charge is 0.494 e. The van der Waals surface area contributed by atoms with Crippen LogP contribution in [0.25, 0.3) is 11.0 Å². The van der Waals surface area contributed by atoms with Gasteiger partial charge in [-0.25, -0.2) is 4.79 Å². The molecule has 0 amide bonds. The molecule has 5 nitrogen and oxygen atoms in total. The van der Waals surface area contributed by atoms with Gasteiger partial charge in [-0.3, -0.25) is 0 Å². The number of nitrogen functional groups attached to an aromatic ring is 1. The molecule has 1 heterocycles. The van der Waals surface area contributed by atoms with Crippen LogP contribution in [0.1, 0.15) is 0 Å². The molecule has 84 valence electrons. The van der Waals surface area contributed by atoms with Crippen molar-refractivity contribution in [3.05, 3.63) is 28.6 Å². The zero-order valence-electron chi connectivity index (χ0n) is 8.94. The molecule has 0 unspecified atom stereocenters. The van der Waals surface area contributed by atoms with E-state index in [-0.39, 0.29) is 0 Å². The average Bonchev–Trinajstić information content (AvgIpc) is 2.28. The molecule has 0 aliphatic carbocycles. The number of methoxy groups -OCH3 is 2. The van der Waals surface area contributed by atoms with E-state index in [1.807, 2.05) is 0 Å². The molecule has 0 radical (unpaired) electrons. The maximum absolute atomic E-state index is 11.1. The lowest BCUT2D eigenvalue weighted by Gasteiger charge is -2.11. The van der Waals surface area contributed by atoms with Crippen LogP contribution in [0.5, 0.6) is 11.5 Å². The van der Waals surface area contributed by atoms with Gasteiger partial charge in [0, 0.05) is 12.1 Å².